The van der Waals surface area contributed by atoms with Gasteiger partial charge in [-0.15, -0.1) is 0 Å². The Morgan fingerprint density at radius 3 is 2.07 bits per heavy atom. The van der Waals surface area contributed by atoms with E-state index in [1.54, 1.807) is 55.5 Å². The summed E-state index contributed by atoms with van der Waals surface area (Å²) in [4.78, 5) is 37.2. The van der Waals surface area contributed by atoms with Crippen molar-refractivity contribution in [2.75, 3.05) is 5.32 Å². The summed E-state index contributed by atoms with van der Waals surface area (Å²) in [6.07, 6.45) is 0. The van der Waals surface area contributed by atoms with Gasteiger partial charge in [-0.25, -0.2) is 0 Å². The molecule has 0 radical (unpaired) electrons. The molecule has 3 N–H and O–H groups in total. The first kappa shape index (κ1) is 20.2. The Kier molecular flexibility index (Phi) is 6.34. The molecule has 2 aromatic rings. The first-order chi connectivity index (χ1) is 12.7. The average molecular weight is 367 g/mol. The zero-order valence-electron chi connectivity index (χ0n) is 16.0. The number of hydrogen-bond donors (Lipinski definition) is 3. The molecule has 3 amide bonds. The summed E-state index contributed by atoms with van der Waals surface area (Å²) in [6.45, 7) is 7.22. The highest BCUT2D eigenvalue weighted by molar-refractivity contribution is 6.09. The Labute approximate surface area is 159 Å². The van der Waals surface area contributed by atoms with Gasteiger partial charge in [0.2, 0.25) is 5.91 Å². The fourth-order valence-corrected chi connectivity index (χ4v) is 2.39. The molecule has 6 nitrogen and oxygen atoms in total. The molecule has 27 heavy (non-hydrogen) atoms. The highest BCUT2D eigenvalue weighted by atomic mass is 16.2. The molecule has 0 heterocycles. The Balaban J connectivity index is 2.11. The van der Waals surface area contributed by atoms with Crippen LogP contribution < -0.4 is 16.0 Å². The lowest BCUT2D eigenvalue weighted by Gasteiger charge is -2.24. The highest BCUT2D eigenvalue weighted by Gasteiger charge is 2.22. The largest absolute Gasteiger partial charge is 0.350 e. The molecule has 0 aliphatic carbocycles. The minimum Gasteiger partial charge on any atom is -0.350 e. The lowest BCUT2D eigenvalue weighted by Crippen LogP contribution is -2.50. The summed E-state index contributed by atoms with van der Waals surface area (Å²) in [5.74, 6) is -1.02. The van der Waals surface area contributed by atoms with Crippen LogP contribution in [-0.2, 0) is 4.79 Å². The molecule has 0 aromatic heterocycles. The van der Waals surface area contributed by atoms with Crippen molar-refractivity contribution in [2.45, 2.75) is 39.3 Å². The quantitative estimate of drug-likeness (QED) is 0.759. The number of rotatable bonds is 5. The molecule has 0 aliphatic heterocycles. The summed E-state index contributed by atoms with van der Waals surface area (Å²) in [7, 11) is 0. The van der Waals surface area contributed by atoms with Crippen molar-refractivity contribution in [1.29, 1.82) is 0 Å². The van der Waals surface area contributed by atoms with Crippen molar-refractivity contribution in [3.8, 4) is 0 Å². The van der Waals surface area contributed by atoms with Gasteiger partial charge in [0.15, 0.2) is 0 Å². The molecule has 6 heteroatoms. The van der Waals surface area contributed by atoms with E-state index < -0.39 is 17.5 Å². The molecule has 0 saturated carbocycles. The predicted octanol–water partition coefficient (Wildman–Crippen LogP) is 2.97. The van der Waals surface area contributed by atoms with Crippen LogP contribution in [0.2, 0.25) is 0 Å². The van der Waals surface area contributed by atoms with Gasteiger partial charge in [0, 0.05) is 11.1 Å². The number of para-hydroxylation sites is 1. The molecule has 0 fully saturated rings. The summed E-state index contributed by atoms with van der Waals surface area (Å²) in [6, 6.07) is 14.7. The van der Waals surface area contributed by atoms with Crippen LogP contribution in [0, 0.1) is 0 Å². The third kappa shape index (κ3) is 5.95. The molecule has 1 atom stereocenters. The van der Waals surface area contributed by atoms with Crippen molar-refractivity contribution in [3.05, 3.63) is 65.7 Å². The van der Waals surface area contributed by atoms with Gasteiger partial charge >= 0.3 is 0 Å². The van der Waals surface area contributed by atoms with Crippen molar-refractivity contribution in [3.63, 3.8) is 0 Å². The maximum atomic E-state index is 12.6. The number of benzene rings is 2. The number of carbonyl (C=O) groups is 3. The topological polar surface area (TPSA) is 87.3 Å². The van der Waals surface area contributed by atoms with Gasteiger partial charge in [0.25, 0.3) is 11.8 Å². The van der Waals surface area contributed by atoms with E-state index in [0.29, 0.717) is 11.3 Å². The molecule has 0 unspecified atom stereocenters. The number of amides is 3. The van der Waals surface area contributed by atoms with Crippen molar-refractivity contribution < 1.29 is 14.4 Å². The highest BCUT2D eigenvalue weighted by Crippen LogP contribution is 2.16. The second-order valence-electron chi connectivity index (χ2n) is 7.30. The summed E-state index contributed by atoms with van der Waals surface area (Å²) in [5.41, 5.74) is 0.771. The smallest absolute Gasteiger partial charge is 0.255 e. The fourth-order valence-electron chi connectivity index (χ4n) is 2.39. The third-order valence-electron chi connectivity index (χ3n) is 3.69. The Bertz CT molecular complexity index is 826. The maximum absolute atomic E-state index is 12.6. The van der Waals surface area contributed by atoms with Gasteiger partial charge in [-0.2, -0.15) is 0 Å². The second-order valence-corrected chi connectivity index (χ2v) is 7.30. The molecule has 142 valence electrons. The molecule has 0 aliphatic rings. The number of nitrogens with one attached hydrogen (secondary N) is 3. The van der Waals surface area contributed by atoms with E-state index in [1.165, 1.54) is 0 Å². The Hall–Kier alpha value is -3.15. The Morgan fingerprint density at radius 1 is 0.852 bits per heavy atom. The minimum atomic E-state index is -0.713. The van der Waals surface area contributed by atoms with Crippen LogP contribution in [0.3, 0.4) is 0 Å². The van der Waals surface area contributed by atoms with Gasteiger partial charge in [0.05, 0.1) is 11.3 Å². The molecule has 2 rings (SSSR count). The van der Waals surface area contributed by atoms with Crippen LogP contribution in [0.4, 0.5) is 5.69 Å². The van der Waals surface area contributed by atoms with Gasteiger partial charge < -0.3 is 16.0 Å². The number of hydrogen-bond acceptors (Lipinski definition) is 3. The van der Waals surface area contributed by atoms with E-state index in [1.807, 2.05) is 26.8 Å². The van der Waals surface area contributed by atoms with Crippen molar-refractivity contribution >= 4 is 23.4 Å². The molecule has 2 aromatic carbocycles. The van der Waals surface area contributed by atoms with Gasteiger partial charge in [-0.05, 0) is 52.0 Å². The van der Waals surface area contributed by atoms with E-state index in [0.717, 1.165) is 0 Å². The molecule has 0 saturated heterocycles. The van der Waals surface area contributed by atoms with E-state index in [4.69, 9.17) is 0 Å². The van der Waals surface area contributed by atoms with Gasteiger partial charge in [-0.1, -0.05) is 30.3 Å². The van der Waals surface area contributed by atoms with Gasteiger partial charge in [-0.3, -0.25) is 14.4 Å². The third-order valence-corrected chi connectivity index (χ3v) is 3.69. The average Bonchev–Trinajstić information content (AvgIpc) is 2.61. The number of anilines is 1. The van der Waals surface area contributed by atoms with E-state index in [-0.39, 0.29) is 17.4 Å². The molecular weight excluding hydrogens is 342 g/mol. The first-order valence-corrected chi connectivity index (χ1v) is 8.76. The molecular formula is C21H25N3O3. The lowest BCUT2D eigenvalue weighted by molar-refractivity contribution is -0.124. The van der Waals surface area contributed by atoms with Crippen LogP contribution in [0.1, 0.15) is 48.4 Å². The van der Waals surface area contributed by atoms with Crippen LogP contribution >= 0.6 is 0 Å². The second kappa shape index (κ2) is 8.49. The molecule has 0 spiro atoms. The van der Waals surface area contributed by atoms with Gasteiger partial charge in [0.1, 0.15) is 6.04 Å². The lowest BCUT2D eigenvalue weighted by atomic mass is 10.1. The van der Waals surface area contributed by atoms with Crippen LogP contribution in [-0.4, -0.2) is 29.3 Å². The summed E-state index contributed by atoms with van der Waals surface area (Å²) in [5, 5.41) is 8.24. The zero-order chi connectivity index (χ0) is 20.0. The molecule has 0 bridgehead atoms. The van der Waals surface area contributed by atoms with Crippen molar-refractivity contribution in [1.82, 2.24) is 10.6 Å². The van der Waals surface area contributed by atoms with Crippen LogP contribution in [0.5, 0.6) is 0 Å². The van der Waals surface area contributed by atoms with Crippen LogP contribution in [0.15, 0.2) is 54.6 Å². The Morgan fingerprint density at radius 2 is 1.44 bits per heavy atom. The predicted molar refractivity (Wildman–Crippen MR) is 106 cm³/mol. The van der Waals surface area contributed by atoms with Crippen LogP contribution in [0.25, 0.3) is 0 Å². The van der Waals surface area contributed by atoms with E-state index in [2.05, 4.69) is 16.0 Å². The standard InChI is InChI=1S/C21H25N3O3/c1-14(18(25)24-21(2,3)4)22-20(27)16-12-8-9-13-17(16)23-19(26)15-10-6-5-7-11-15/h5-14H,1-4H3,(H,22,27)(H,23,26)(H,24,25)/t14-/m1/s1. The number of carbonyl (C=O) groups excluding carboxylic acids is 3. The van der Waals surface area contributed by atoms with Crippen molar-refractivity contribution in [2.24, 2.45) is 0 Å². The van der Waals surface area contributed by atoms with E-state index >= 15 is 0 Å². The monoisotopic (exact) mass is 367 g/mol. The zero-order valence-corrected chi connectivity index (χ0v) is 16.0. The maximum Gasteiger partial charge on any atom is 0.255 e. The minimum absolute atomic E-state index is 0.276. The first-order valence-electron chi connectivity index (χ1n) is 8.76. The summed E-state index contributed by atoms with van der Waals surface area (Å²) >= 11 is 0. The SMILES string of the molecule is C[C@@H](NC(=O)c1ccccc1NC(=O)c1ccccc1)C(=O)NC(C)(C)C. The fraction of sp³-hybridized carbons (Fsp3) is 0.286. The summed E-state index contributed by atoms with van der Waals surface area (Å²) < 4.78 is 0. The van der Waals surface area contributed by atoms with E-state index in [9.17, 15) is 14.4 Å². The normalized spacial score (nSPS) is 12.0.